The summed E-state index contributed by atoms with van der Waals surface area (Å²) in [6.45, 7) is 0.826. The van der Waals surface area contributed by atoms with Crippen LogP contribution in [0.1, 0.15) is 37.3 Å². The molecule has 2 rings (SSSR count). The first-order chi connectivity index (χ1) is 8.58. The quantitative estimate of drug-likeness (QED) is 0.869. The first-order valence-electron chi connectivity index (χ1n) is 6.57. The Morgan fingerprint density at radius 2 is 2.28 bits per heavy atom. The molecule has 1 atom stereocenters. The van der Waals surface area contributed by atoms with Gasteiger partial charge in [0.15, 0.2) is 0 Å². The monoisotopic (exact) mass is 250 g/mol. The predicted molar refractivity (Wildman–Crippen MR) is 69.7 cm³/mol. The Kier molecular flexibility index (Phi) is 4.01. The number of amides is 1. The number of aryl methyl sites for hydroxylation is 1. The van der Waals surface area contributed by atoms with Crippen LogP contribution in [0, 0.1) is 5.92 Å². The summed E-state index contributed by atoms with van der Waals surface area (Å²) in [6.07, 6.45) is 8.51. The average molecular weight is 250 g/mol. The minimum atomic E-state index is -0.592. The summed E-state index contributed by atoms with van der Waals surface area (Å²) in [4.78, 5) is 14.0. The molecule has 0 saturated heterocycles. The van der Waals surface area contributed by atoms with E-state index in [0.717, 1.165) is 12.1 Å². The maximum Gasteiger partial charge on any atom is 0.243 e. The number of nitrogens with two attached hydrogens (primary N) is 1. The second-order valence-corrected chi connectivity index (χ2v) is 5.29. The lowest BCUT2D eigenvalue weighted by Gasteiger charge is -2.23. The molecule has 1 amide bonds. The Bertz CT molecular complexity index is 409. The van der Waals surface area contributed by atoms with Crippen molar-refractivity contribution in [3.05, 3.63) is 18.0 Å². The van der Waals surface area contributed by atoms with Crippen molar-refractivity contribution in [2.75, 3.05) is 13.6 Å². The van der Waals surface area contributed by atoms with Crippen molar-refractivity contribution >= 4 is 5.91 Å². The second kappa shape index (κ2) is 5.52. The fourth-order valence-corrected chi connectivity index (χ4v) is 2.65. The minimum absolute atomic E-state index is 0.0186. The molecule has 0 aliphatic heterocycles. The van der Waals surface area contributed by atoms with Crippen LogP contribution in [0.25, 0.3) is 0 Å². The van der Waals surface area contributed by atoms with Gasteiger partial charge in [0.2, 0.25) is 5.91 Å². The number of nitrogens with zero attached hydrogens (tertiary/aromatic N) is 3. The topological polar surface area (TPSA) is 64.2 Å². The fourth-order valence-electron chi connectivity index (χ4n) is 2.65. The maximum atomic E-state index is 12.2. The Labute approximate surface area is 108 Å². The van der Waals surface area contributed by atoms with E-state index in [9.17, 15) is 4.79 Å². The highest BCUT2D eigenvalue weighted by Gasteiger charge is 2.24. The van der Waals surface area contributed by atoms with Crippen molar-refractivity contribution in [1.29, 1.82) is 0 Å². The van der Waals surface area contributed by atoms with Crippen LogP contribution in [0.4, 0.5) is 0 Å². The highest BCUT2D eigenvalue weighted by molar-refractivity contribution is 5.82. The van der Waals surface area contributed by atoms with Crippen LogP contribution < -0.4 is 5.73 Å². The van der Waals surface area contributed by atoms with Crippen LogP contribution in [-0.2, 0) is 11.8 Å². The predicted octanol–water partition coefficient (Wildman–Crippen LogP) is 1.07. The summed E-state index contributed by atoms with van der Waals surface area (Å²) in [5.41, 5.74) is 6.76. The zero-order chi connectivity index (χ0) is 13.1. The van der Waals surface area contributed by atoms with Gasteiger partial charge in [-0.05, 0) is 18.8 Å². The van der Waals surface area contributed by atoms with Crippen LogP contribution in [-0.4, -0.2) is 34.2 Å². The molecular weight excluding hydrogens is 228 g/mol. The molecule has 0 radical (unpaired) electrons. The highest BCUT2D eigenvalue weighted by atomic mass is 16.2. The second-order valence-electron chi connectivity index (χ2n) is 5.29. The smallest absolute Gasteiger partial charge is 0.243 e. The Morgan fingerprint density at radius 1 is 1.61 bits per heavy atom. The van der Waals surface area contributed by atoms with Crippen LogP contribution >= 0.6 is 0 Å². The summed E-state index contributed by atoms with van der Waals surface area (Å²) in [5, 5.41) is 4.05. The third-order valence-electron chi connectivity index (χ3n) is 3.73. The van der Waals surface area contributed by atoms with E-state index in [1.165, 1.54) is 25.7 Å². The molecule has 1 aromatic rings. The number of hydrogen-bond acceptors (Lipinski definition) is 3. The van der Waals surface area contributed by atoms with E-state index in [-0.39, 0.29) is 5.91 Å². The lowest BCUT2D eigenvalue weighted by atomic mass is 10.1. The number of aromatic nitrogens is 2. The molecule has 2 N–H and O–H groups in total. The maximum absolute atomic E-state index is 12.2. The van der Waals surface area contributed by atoms with Crippen LogP contribution in [0.3, 0.4) is 0 Å². The summed E-state index contributed by atoms with van der Waals surface area (Å²) < 4.78 is 1.67. The molecule has 5 nitrogen and oxygen atoms in total. The van der Waals surface area contributed by atoms with Gasteiger partial charge in [-0.3, -0.25) is 9.48 Å². The van der Waals surface area contributed by atoms with Crippen molar-refractivity contribution in [2.45, 2.75) is 31.7 Å². The molecule has 1 aromatic heterocycles. The fraction of sp³-hybridized carbons (Fsp3) is 0.692. The summed E-state index contributed by atoms with van der Waals surface area (Å²) in [5.74, 6) is 0.634. The number of hydrogen-bond donors (Lipinski definition) is 1. The van der Waals surface area contributed by atoms with Gasteiger partial charge in [-0.2, -0.15) is 5.10 Å². The van der Waals surface area contributed by atoms with Crippen LogP contribution in [0.15, 0.2) is 12.4 Å². The van der Waals surface area contributed by atoms with Crippen molar-refractivity contribution < 1.29 is 4.79 Å². The van der Waals surface area contributed by atoms with Gasteiger partial charge < -0.3 is 10.6 Å². The summed E-state index contributed by atoms with van der Waals surface area (Å²) in [7, 11) is 3.67. The molecule has 5 heteroatoms. The van der Waals surface area contributed by atoms with E-state index < -0.39 is 6.04 Å². The van der Waals surface area contributed by atoms with E-state index in [4.69, 9.17) is 5.73 Å². The van der Waals surface area contributed by atoms with Gasteiger partial charge in [0.25, 0.3) is 0 Å². The SMILES string of the molecule is CN(CC1CCCC1)C(=O)C(N)c1cnn(C)c1. The third kappa shape index (κ3) is 2.90. The van der Waals surface area contributed by atoms with Crippen molar-refractivity contribution in [3.8, 4) is 0 Å². The van der Waals surface area contributed by atoms with Gasteiger partial charge in [-0.1, -0.05) is 12.8 Å². The Morgan fingerprint density at radius 3 is 2.83 bits per heavy atom. The van der Waals surface area contributed by atoms with Gasteiger partial charge in [-0.15, -0.1) is 0 Å². The molecular formula is C13H22N4O. The lowest BCUT2D eigenvalue weighted by molar-refractivity contribution is -0.132. The zero-order valence-electron chi connectivity index (χ0n) is 11.2. The molecule has 1 unspecified atom stereocenters. The Hall–Kier alpha value is -1.36. The minimum Gasteiger partial charge on any atom is -0.344 e. The molecule has 1 aliphatic carbocycles. The van der Waals surface area contributed by atoms with Gasteiger partial charge in [0, 0.05) is 32.4 Å². The van der Waals surface area contributed by atoms with Crippen molar-refractivity contribution in [3.63, 3.8) is 0 Å². The van der Waals surface area contributed by atoms with E-state index >= 15 is 0 Å². The number of rotatable bonds is 4. The molecule has 100 valence electrons. The van der Waals surface area contributed by atoms with E-state index in [0.29, 0.717) is 5.92 Å². The van der Waals surface area contributed by atoms with Crippen molar-refractivity contribution in [2.24, 2.45) is 18.7 Å². The van der Waals surface area contributed by atoms with Gasteiger partial charge in [-0.25, -0.2) is 0 Å². The largest absolute Gasteiger partial charge is 0.344 e. The number of likely N-dealkylation sites (N-methyl/N-ethyl adjacent to an activating group) is 1. The third-order valence-corrected chi connectivity index (χ3v) is 3.73. The summed E-state index contributed by atoms with van der Waals surface area (Å²) >= 11 is 0. The standard InChI is InChI=1S/C13H22N4O/c1-16(8-10-5-3-4-6-10)13(18)12(14)11-7-15-17(2)9-11/h7,9-10,12H,3-6,8,14H2,1-2H3. The molecule has 1 fully saturated rings. The molecule has 18 heavy (non-hydrogen) atoms. The molecule has 0 aromatic carbocycles. The zero-order valence-corrected chi connectivity index (χ0v) is 11.2. The number of carbonyl (C=O) groups is 1. The van der Waals surface area contributed by atoms with Gasteiger partial charge in [0.1, 0.15) is 6.04 Å². The summed E-state index contributed by atoms with van der Waals surface area (Å²) in [6, 6.07) is -0.592. The van der Waals surface area contributed by atoms with Gasteiger partial charge in [0.05, 0.1) is 6.20 Å². The average Bonchev–Trinajstić information content (AvgIpc) is 2.98. The molecule has 1 aliphatic rings. The van der Waals surface area contributed by atoms with Gasteiger partial charge >= 0.3 is 0 Å². The highest BCUT2D eigenvalue weighted by Crippen LogP contribution is 2.25. The van der Waals surface area contributed by atoms with Crippen LogP contribution in [0.2, 0.25) is 0 Å². The lowest BCUT2D eigenvalue weighted by Crippen LogP contribution is -2.38. The molecule has 0 bridgehead atoms. The number of carbonyl (C=O) groups excluding carboxylic acids is 1. The van der Waals surface area contributed by atoms with Crippen molar-refractivity contribution in [1.82, 2.24) is 14.7 Å². The normalized spacial score (nSPS) is 17.9. The van der Waals surface area contributed by atoms with E-state index in [2.05, 4.69) is 5.10 Å². The molecule has 1 heterocycles. The Balaban J connectivity index is 1.93. The van der Waals surface area contributed by atoms with E-state index in [1.807, 2.05) is 14.1 Å². The molecule has 1 saturated carbocycles. The first-order valence-corrected chi connectivity index (χ1v) is 6.57. The van der Waals surface area contributed by atoms with Crippen LogP contribution in [0.5, 0.6) is 0 Å². The molecule has 0 spiro atoms. The first kappa shape index (κ1) is 13.1. The van der Waals surface area contributed by atoms with E-state index in [1.54, 1.807) is 22.0 Å².